The molecule has 2 aromatic rings. The monoisotopic (exact) mass is 250 g/mol. The second-order valence-corrected chi connectivity index (χ2v) is 5.23. The van der Waals surface area contributed by atoms with E-state index >= 15 is 0 Å². The standard InChI is InChI=1S/C12H11ClN2S/c13-9-2-1-3-10-11(9)15-12(16-10)8-4-6-14-7-5-8/h1-4,14H,5-7H2. The number of aromatic nitrogens is 1. The first-order valence-corrected chi connectivity index (χ1v) is 6.49. The molecule has 2 heterocycles. The molecule has 1 aliphatic heterocycles. The van der Waals surface area contributed by atoms with Crippen molar-refractivity contribution in [1.29, 1.82) is 0 Å². The second-order valence-electron chi connectivity index (χ2n) is 3.79. The summed E-state index contributed by atoms with van der Waals surface area (Å²) in [4.78, 5) is 4.63. The van der Waals surface area contributed by atoms with Crippen LogP contribution in [0.5, 0.6) is 0 Å². The van der Waals surface area contributed by atoms with Crippen LogP contribution in [-0.2, 0) is 0 Å². The first kappa shape index (κ1) is 10.3. The zero-order valence-corrected chi connectivity index (χ0v) is 10.2. The second kappa shape index (κ2) is 4.17. The predicted octanol–water partition coefficient (Wildman–Crippen LogP) is 3.33. The van der Waals surface area contributed by atoms with E-state index in [1.807, 2.05) is 12.1 Å². The molecule has 0 aliphatic carbocycles. The molecular formula is C12H11ClN2S. The van der Waals surface area contributed by atoms with Crippen LogP contribution in [0, 0.1) is 0 Å². The van der Waals surface area contributed by atoms with Crippen molar-refractivity contribution >= 4 is 38.7 Å². The lowest BCUT2D eigenvalue weighted by atomic mass is 10.1. The van der Waals surface area contributed by atoms with Crippen LogP contribution in [0.3, 0.4) is 0 Å². The third-order valence-corrected chi connectivity index (χ3v) is 4.11. The molecule has 0 bridgehead atoms. The maximum Gasteiger partial charge on any atom is 0.120 e. The van der Waals surface area contributed by atoms with Gasteiger partial charge in [-0.15, -0.1) is 11.3 Å². The number of halogens is 1. The highest BCUT2D eigenvalue weighted by Crippen LogP contribution is 2.32. The van der Waals surface area contributed by atoms with E-state index in [1.54, 1.807) is 11.3 Å². The van der Waals surface area contributed by atoms with Gasteiger partial charge < -0.3 is 5.32 Å². The molecule has 1 aromatic carbocycles. The Hall–Kier alpha value is -0.900. The van der Waals surface area contributed by atoms with Crippen LogP contribution in [-0.4, -0.2) is 18.1 Å². The molecule has 0 spiro atoms. The molecule has 16 heavy (non-hydrogen) atoms. The zero-order valence-electron chi connectivity index (χ0n) is 8.66. The lowest BCUT2D eigenvalue weighted by molar-refractivity contribution is 0.738. The van der Waals surface area contributed by atoms with Crippen molar-refractivity contribution in [3.05, 3.63) is 34.3 Å². The molecule has 82 valence electrons. The van der Waals surface area contributed by atoms with E-state index in [0.29, 0.717) is 0 Å². The Kier molecular flexibility index (Phi) is 2.67. The predicted molar refractivity (Wildman–Crippen MR) is 70.1 cm³/mol. The molecule has 1 N–H and O–H groups in total. The third kappa shape index (κ3) is 1.75. The number of rotatable bonds is 1. The van der Waals surface area contributed by atoms with Crippen LogP contribution in [0.4, 0.5) is 0 Å². The van der Waals surface area contributed by atoms with E-state index in [1.165, 1.54) is 10.3 Å². The number of hydrogen-bond acceptors (Lipinski definition) is 3. The minimum Gasteiger partial charge on any atom is -0.313 e. The summed E-state index contributed by atoms with van der Waals surface area (Å²) in [7, 11) is 0. The molecule has 0 fully saturated rings. The van der Waals surface area contributed by atoms with E-state index in [4.69, 9.17) is 11.6 Å². The van der Waals surface area contributed by atoms with Gasteiger partial charge in [0.05, 0.1) is 9.72 Å². The van der Waals surface area contributed by atoms with Gasteiger partial charge in [0.1, 0.15) is 10.5 Å². The minimum atomic E-state index is 0.745. The first-order chi connectivity index (χ1) is 7.84. The van der Waals surface area contributed by atoms with E-state index < -0.39 is 0 Å². The van der Waals surface area contributed by atoms with Crippen LogP contribution in [0.2, 0.25) is 5.02 Å². The molecule has 3 rings (SSSR count). The Labute approximate surface area is 103 Å². The molecular weight excluding hydrogens is 240 g/mol. The Morgan fingerprint density at radius 1 is 1.38 bits per heavy atom. The number of thiazole rings is 1. The van der Waals surface area contributed by atoms with Crippen molar-refractivity contribution in [3.8, 4) is 0 Å². The minimum absolute atomic E-state index is 0.745. The highest BCUT2D eigenvalue weighted by molar-refractivity contribution is 7.19. The fourth-order valence-corrected chi connectivity index (χ4v) is 3.20. The van der Waals surface area contributed by atoms with E-state index in [0.717, 1.165) is 35.1 Å². The normalized spacial score (nSPS) is 16.4. The molecule has 0 saturated heterocycles. The van der Waals surface area contributed by atoms with Gasteiger partial charge in [-0.3, -0.25) is 0 Å². The van der Waals surface area contributed by atoms with Crippen molar-refractivity contribution in [2.75, 3.05) is 13.1 Å². The van der Waals surface area contributed by atoms with Gasteiger partial charge in [0.2, 0.25) is 0 Å². The highest BCUT2D eigenvalue weighted by Gasteiger charge is 2.12. The summed E-state index contributed by atoms with van der Waals surface area (Å²) in [5, 5.41) is 5.16. The largest absolute Gasteiger partial charge is 0.313 e. The molecule has 0 saturated carbocycles. The summed E-state index contributed by atoms with van der Waals surface area (Å²) >= 11 is 7.85. The Morgan fingerprint density at radius 2 is 2.31 bits per heavy atom. The van der Waals surface area contributed by atoms with Gasteiger partial charge in [0.25, 0.3) is 0 Å². The lowest BCUT2D eigenvalue weighted by Crippen LogP contribution is -2.19. The maximum absolute atomic E-state index is 6.12. The smallest absolute Gasteiger partial charge is 0.120 e. The number of fused-ring (bicyclic) bond motifs is 1. The maximum atomic E-state index is 6.12. The molecule has 0 radical (unpaired) electrons. The van der Waals surface area contributed by atoms with Crippen LogP contribution >= 0.6 is 22.9 Å². The molecule has 0 unspecified atom stereocenters. The highest BCUT2D eigenvalue weighted by atomic mass is 35.5. The molecule has 1 aromatic heterocycles. The van der Waals surface area contributed by atoms with Gasteiger partial charge in [-0.25, -0.2) is 4.98 Å². The summed E-state index contributed by atoms with van der Waals surface area (Å²) < 4.78 is 1.17. The van der Waals surface area contributed by atoms with Crippen molar-refractivity contribution in [2.45, 2.75) is 6.42 Å². The lowest BCUT2D eigenvalue weighted by Gasteiger charge is -2.10. The Balaban J connectivity index is 2.11. The topological polar surface area (TPSA) is 24.9 Å². The molecule has 2 nitrogen and oxygen atoms in total. The van der Waals surface area contributed by atoms with Crippen LogP contribution in [0.1, 0.15) is 11.4 Å². The Morgan fingerprint density at radius 3 is 3.06 bits per heavy atom. The SMILES string of the molecule is Clc1cccc2sc(C3=CCNCC3)nc12. The van der Waals surface area contributed by atoms with Gasteiger partial charge in [-0.2, -0.15) is 0 Å². The van der Waals surface area contributed by atoms with Crippen molar-refractivity contribution in [3.63, 3.8) is 0 Å². The number of nitrogens with one attached hydrogen (secondary N) is 1. The number of para-hydroxylation sites is 1. The summed E-state index contributed by atoms with van der Waals surface area (Å²) in [6.07, 6.45) is 3.27. The van der Waals surface area contributed by atoms with Gasteiger partial charge in [-0.1, -0.05) is 23.7 Å². The van der Waals surface area contributed by atoms with Gasteiger partial charge in [0.15, 0.2) is 0 Å². The summed E-state index contributed by atoms with van der Waals surface area (Å²) in [5.74, 6) is 0. The first-order valence-electron chi connectivity index (χ1n) is 5.30. The molecule has 4 heteroatoms. The molecule has 0 atom stereocenters. The number of hydrogen-bond donors (Lipinski definition) is 1. The number of nitrogens with zero attached hydrogens (tertiary/aromatic N) is 1. The van der Waals surface area contributed by atoms with Crippen LogP contribution < -0.4 is 5.32 Å². The van der Waals surface area contributed by atoms with Crippen molar-refractivity contribution in [1.82, 2.24) is 10.3 Å². The summed E-state index contributed by atoms with van der Waals surface area (Å²) in [6, 6.07) is 5.94. The average Bonchev–Trinajstić information content (AvgIpc) is 2.76. The van der Waals surface area contributed by atoms with Crippen molar-refractivity contribution < 1.29 is 0 Å². The van der Waals surface area contributed by atoms with E-state index in [-0.39, 0.29) is 0 Å². The third-order valence-electron chi connectivity index (χ3n) is 2.71. The van der Waals surface area contributed by atoms with Gasteiger partial charge >= 0.3 is 0 Å². The van der Waals surface area contributed by atoms with Gasteiger partial charge in [0, 0.05) is 6.54 Å². The Bertz CT molecular complexity index is 559. The molecule has 0 amide bonds. The van der Waals surface area contributed by atoms with E-state index in [2.05, 4.69) is 22.4 Å². The average molecular weight is 251 g/mol. The van der Waals surface area contributed by atoms with E-state index in [9.17, 15) is 0 Å². The number of benzene rings is 1. The quantitative estimate of drug-likeness (QED) is 0.840. The van der Waals surface area contributed by atoms with Crippen molar-refractivity contribution in [2.24, 2.45) is 0 Å². The zero-order chi connectivity index (χ0) is 11.0. The fraction of sp³-hybridized carbons (Fsp3) is 0.250. The molecule has 1 aliphatic rings. The van der Waals surface area contributed by atoms with Crippen LogP contribution in [0.25, 0.3) is 15.8 Å². The summed E-state index contributed by atoms with van der Waals surface area (Å²) in [6.45, 7) is 1.98. The van der Waals surface area contributed by atoms with Gasteiger partial charge in [-0.05, 0) is 30.7 Å². The summed E-state index contributed by atoms with van der Waals surface area (Å²) in [5.41, 5.74) is 2.28. The van der Waals surface area contributed by atoms with Crippen LogP contribution in [0.15, 0.2) is 24.3 Å². The fourth-order valence-electron chi connectivity index (χ4n) is 1.87.